The van der Waals surface area contributed by atoms with E-state index in [0.29, 0.717) is 19.3 Å². The highest BCUT2D eigenvalue weighted by atomic mass is 16.6. The lowest BCUT2D eigenvalue weighted by Gasteiger charge is -2.18. The quantitative estimate of drug-likeness (QED) is 0.0261. The zero-order valence-corrected chi connectivity index (χ0v) is 51.0. The van der Waals surface area contributed by atoms with Gasteiger partial charge in [0, 0.05) is 19.3 Å². The lowest BCUT2D eigenvalue weighted by atomic mass is 10.0. The summed E-state index contributed by atoms with van der Waals surface area (Å²) in [5.41, 5.74) is 0. The normalized spacial score (nSPS) is 12.6. The third-order valence-corrected chi connectivity index (χ3v) is 14.4. The van der Waals surface area contributed by atoms with Crippen LogP contribution in [0.2, 0.25) is 0 Å². The van der Waals surface area contributed by atoms with Gasteiger partial charge in [-0.15, -0.1) is 0 Å². The van der Waals surface area contributed by atoms with E-state index in [1.165, 1.54) is 180 Å². The van der Waals surface area contributed by atoms with Gasteiger partial charge in [0.05, 0.1) is 0 Å². The molecule has 0 aliphatic carbocycles. The second-order valence-electron chi connectivity index (χ2n) is 22.0. The number of hydrogen-bond donors (Lipinski definition) is 0. The molecule has 0 N–H and O–H groups in total. The fraction of sp³-hybridized carbons (Fsp3) is 0.761. The Bertz CT molecular complexity index is 1470. The Labute approximate surface area is 477 Å². The number of carbonyl (C=O) groups is 3. The van der Waals surface area contributed by atoms with Crippen molar-refractivity contribution in [2.75, 3.05) is 13.2 Å². The third kappa shape index (κ3) is 63.3. The summed E-state index contributed by atoms with van der Waals surface area (Å²) < 4.78 is 16.8. The summed E-state index contributed by atoms with van der Waals surface area (Å²) in [6, 6.07) is 0. The van der Waals surface area contributed by atoms with E-state index >= 15 is 0 Å². The smallest absolute Gasteiger partial charge is 0.306 e. The van der Waals surface area contributed by atoms with Crippen molar-refractivity contribution in [2.45, 2.75) is 335 Å². The van der Waals surface area contributed by atoms with E-state index in [1.807, 2.05) is 0 Å². The van der Waals surface area contributed by atoms with Gasteiger partial charge in [-0.2, -0.15) is 0 Å². The molecule has 1 unspecified atom stereocenters. The molecular weight excluding hydrogens is 949 g/mol. The van der Waals surface area contributed by atoms with Crippen LogP contribution in [-0.4, -0.2) is 37.2 Å². The summed E-state index contributed by atoms with van der Waals surface area (Å²) in [7, 11) is 0. The molecule has 0 saturated heterocycles. The van der Waals surface area contributed by atoms with Crippen LogP contribution < -0.4 is 0 Å². The lowest BCUT2D eigenvalue weighted by Crippen LogP contribution is -2.30. The SMILES string of the molecule is CC/C=C\C/C=C\C/C=C\C/C=C\C/C=C\C/C=C\C/C=C\CCCCCCCCCC(=O)OCC(COC(=O)CCCCCCCC)OC(=O)CCCCCCCCCCCCCCCCCCCCCCCCCC. The number of unbranched alkanes of at least 4 members (excludes halogenated alkanes) is 35. The Morgan fingerprint density at radius 1 is 0.273 bits per heavy atom. The minimum atomic E-state index is -0.777. The van der Waals surface area contributed by atoms with Crippen LogP contribution in [0.4, 0.5) is 0 Å². The topological polar surface area (TPSA) is 78.9 Å². The van der Waals surface area contributed by atoms with Gasteiger partial charge in [0.15, 0.2) is 6.10 Å². The molecule has 0 aliphatic rings. The molecule has 0 bridgehead atoms. The molecule has 0 aromatic heterocycles. The fourth-order valence-corrected chi connectivity index (χ4v) is 9.48. The Morgan fingerprint density at radius 3 is 0.792 bits per heavy atom. The molecule has 0 aliphatic heterocycles. The van der Waals surface area contributed by atoms with Gasteiger partial charge < -0.3 is 14.2 Å². The first-order chi connectivity index (χ1) is 38.0. The first-order valence-electron chi connectivity index (χ1n) is 33.1. The predicted molar refractivity (Wildman–Crippen MR) is 334 cm³/mol. The number of hydrogen-bond acceptors (Lipinski definition) is 6. The van der Waals surface area contributed by atoms with Gasteiger partial charge in [-0.05, 0) is 77.0 Å². The van der Waals surface area contributed by atoms with E-state index in [4.69, 9.17) is 14.2 Å². The summed E-state index contributed by atoms with van der Waals surface area (Å²) in [4.78, 5) is 38.0. The van der Waals surface area contributed by atoms with E-state index in [0.717, 1.165) is 109 Å². The Balaban J connectivity index is 4.09. The molecule has 6 heteroatoms. The summed E-state index contributed by atoms with van der Waals surface area (Å²) in [6.45, 7) is 6.50. The standard InChI is InChI=1S/C71H124O6/c1-4-7-10-13-16-18-20-22-24-26-28-30-32-34-35-36-37-38-40-41-43-45-47-49-51-53-55-58-61-64-70(73)76-67-68(66-75-69(72)63-60-57-15-12-9-6-3)77-71(74)65-62-59-56-54-52-50-48-46-44-42-39-33-31-29-27-25-23-21-19-17-14-11-8-5-2/h7,10,16,18,22,24,28,30,34-35,37-38,41,43,68H,4-6,8-9,11-15,17,19-21,23,25-27,29,31-33,36,39-40,42,44-67H2,1-3H3/b10-7-,18-16-,24-22-,30-28-,35-34-,38-37-,43-41-. The number of ether oxygens (including phenoxy) is 3. The van der Waals surface area contributed by atoms with Crippen LogP contribution in [0.3, 0.4) is 0 Å². The van der Waals surface area contributed by atoms with E-state index in [9.17, 15) is 14.4 Å². The molecular formula is C71H124O6. The van der Waals surface area contributed by atoms with Crippen molar-refractivity contribution >= 4 is 17.9 Å². The predicted octanol–water partition coefficient (Wildman–Crippen LogP) is 22.7. The van der Waals surface area contributed by atoms with E-state index in [-0.39, 0.29) is 31.1 Å². The largest absolute Gasteiger partial charge is 0.462 e. The first-order valence-corrected chi connectivity index (χ1v) is 33.1. The minimum Gasteiger partial charge on any atom is -0.462 e. The highest BCUT2D eigenvalue weighted by Gasteiger charge is 2.19. The maximum atomic E-state index is 12.9. The average Bonchev–Trinajstić information content (AvgIpc) is 3.43. The lowest BCUT2D eigenvalue weighted by molar-refractivity contribution is -0.167. The molecule has 0 aromatic carbocycles. The molecule has 444 valence electrons. The maximum absolute atomic E-state index is 12.9. The van der Waals surface area contributed by atoms with Crippen LogP contribution in [0.5, 0.6) is 0 Å². The van der Waals surface area contributed by atoms with Crippen LogP contribution in [0.1, 0.15) is 329 Å². The highest BCUT2D eigenvalue weighted by molar-refractivity contribution is 5.71. The molecule has 0 radical (unpaired) electrons. The summed E-state index contributed by atoms with van der Waals surface area (Å²) in [5.74, 6) is -0.884. The minimum absolute atomic E-state index is 0.0770. The van der Waals surface area contributed by atoms with Crippen molar-refractivity contribution in [1.29, 1.82) is 0 Å². The molecule has 0 saturated carbocycles. The van der Waals surface area contributed by atoms with Crippen LogP contribution in [-0.2, 0) is 28.6 Å². The Morgan fingerprint density at radius 2 is 0.506 bits per heavy atom. The highest BCUT2D eigenvalue weighted by Crippen LogP contribution is 2.17. The van der Waals surface area contributed by atoms with Gasteiger partial charge in [0.1, 0.15) is 13.2 Å². The third-order valence-electron chi connectivity index (χ3n) is 14.4. The van der Waals surface area contributed by atoms with E-state index in [1.54, 1.807) is 0 Å². The molecule has 0 heterocycles. The van der Waals surface area contributed by atoms with Gasteiger partial charge in [0.25, 0.3) is 0 Å². The van der Waals surface area contributed by atoms with Crippen molar-refractivity contribution in [2.24, 2.45) is 0 Å². The number of allylic oxidation sites excluding steroid dienone is 14. The molecule has 0 rings (SSSR count). The van der Waals surface area contributed by atoms with Gasteiger partial charge in [-0.25, -0.2) is 0 Å². The molecule has 0 spiro atoms. The molecule has 77 heavy (non-hydrogen) atoms. The van der Waals surface area contributed by atoms with Crippen molar-refractivity contribution in [3.05, 3.63) is 85.1 Å². The molecule has 0 amide bonds. The van der Waals surface area contributed by atoms with Crippen LogP contribution in [0, 0.1) is 0 Å². The average molecular weight is 1070 g/mol. The molecule has 0 fully saturated rings. The summed E-state index contributed by atoms with van der Waals surface area (Å²) in [6.07, 6.45) is 86.4. The number of rotatable bonds is 60. The first kappa shape index (κ1) is 73.6. The fourth-order valence-electron chi connectivity index (χ4n) is 9.48. The van der Waals surface area contributed by atoms with Gasteiger partial charge >= 0.3 is 17.9 Å². The summed E-state index contributed by atoms with van der Waals surface area (Å²) in [5, 5.41) is 0. The molecule has 0 aromatic rings. The molecule has 6 nitrogen and oxygen atoms in total. The monoisotopic (exact) mass is 1070 g/mol. The second kappa shape index (κ2) is 65.1. The zero-order valence-electron chi connectivity index (χ0n) is 51.0. The van der Waals surface area contributed by atoms with Gasteiger partial charge in [-0.1, -0.05) is 318 Å². The number of carbonyl (C=O) groups excluding carboxylic acids is 3. The van der Waals surface area contributed by atoms with Crippen LogP contribution in [0.15, 0.2) is 85.1 Å². The van der Waals surface area contributed by atoms with Crippen LogP contribution in [0.25, 0.3) is 0 Å². The van der Waals surface area contributed by atoms with Crippen molar-refractivity contribution in [1.82, 2.24) is 0 Å². The van der Waals surface area contributed by atoms with E-state index < -0.39 is 6.10 Å². The second-order valence-corrected chi connectivity index (χ2v) is 22.0. The van der Waals surface area contributed by atoms with Crippen molar-refractivity contribution in [3.63, 3.8) is 0 Å². The molecule has 1 atom stereocenters. The van der Waals surface area contributed by atoms with Crippen LogP contribution >= 0.6 is 0 Å². The van der Waals surface area contributed by atoms with E-state index in [2.05, 4.69) is 106 Å². The van der Waals surface area contributed by atoms with Crippen molar-refractivity contribution < 1.29 is 28.6 Å². The zero-order chi connectivity index (χ0) is 55.7. The van der Waals surface area contributed by atoms with Gasteiger partial charge in [-0.3, -0.25) is 14.4 Å². The van der Waals surface area contributed by atoms with Gasteiger partial charge in [0.2, 0.25) is 0 Å². The number of esters is 3. The Kier molecular flexibility index (Phi) is 62.2. The van der Waals surface area contributed by atoms with Crippen molar-refractivity contribution in [3.8, 4) is 0 Å². The maximum Gasteiger partial charge on any atom is 0.306 e. The Hall–Kier alpha value is -3.41. The summed E-state index contributed by atoms with van der Waals surface area (Å²) >= 11 is 0.